The number of unbranched alkanes of at least 4 members (excludes halogenated alkanes) is 6. The van der Waals surface area contributed by atoms with Crippen molar-refractivity contribution in [1.82, 2.24) is 0 Å². The van der Waals surface area contributed by atoms with Crippen molar-refractivity contribution in [3.63, 3.8) is 0 Å². The van der Waals surface area contributed by atoms with Gasteiger partial charge in [-0.1, -0.05) is 51.9 Å². The molecule has 0 saturated heterocycles. The molecule has 0 radical (unpaired) electrons. The molecular weight excluding hydrogens is 271 g/mol. The molecule has 4 heteroatoms. The number of hydrogen-bond acceptors (Lipinski definition) is 2. The third-order valence-electron chi connectivity index (χ3n) is 2.37. The Morgan fingerprint density at radius 3 is 1.83 bits per heavy atom. The number of alkyl halides is 2. The van der Waals surface area contributed by atoms with Gasteiger partial charge in [0.05, 0.1) is 6.61 Å². The lowest BCUT2D eigenvalue weighted by atomic mass is 10.1. The van der Waals surface area contributed by atoms with Crippen molar-refractivity contribution in [3.8, 4) is 0 Å². The highest BCUT2D eigenvalue weighted by Gasteiger charge is 1.97. The zero-order chi connectivity index (χ0) is 14.2. The minimum atomic E-state index is -0.211. The molecule has 0 spiro atoms. The smallest absolute Gasteiger partial charge is 0.302 e. The first kappa shape index (κ1) is 20.4. The summed E-state index contributed by atoms with van der Waals surface area (Å²) in [5.41, 5.74) is 0. The number of halogens is 2. The maximum Gasteiger partial charge on any atom is 0.302 e. The third kappa shape index (κ3) is 25.0. The van der Waals surface area contributed by atoms with E-state index in [0.717, 1.165) is 6.42 Å². The van der Waals surface area contributed by atoms with Gasteiger partial charge in [-0.3, -0.25) is 4.79 Å². The van der Waals surface area contributed by atoms with Crippen LogP contribution in [0.3, 0.4) is 0 Å². The molecule has 18 heavy (non-hydrogen) atoms. The van der Waals surface area contributed by atoms with Crippen molar-refractivity contribution in [2.75, 3.05) is 6.61 Å². The molecule has 0 bridgehead atoms. The van der Waals surface area contributed by atoms with Crippen molar-refractivity contribution >= 4 is 29.2 Å². The number of carbonyl (C=O) groups is 1. The van der Waals surface area contributed by atoms with Crippen molar-refractivity contribution < 1.29 is 9.53 Å². The first-order valence-corrected chi connectivity index (χ1v) is 7.83. The van der Waals surface area contributed by atoms with E-state index < -0.39 is 0 Å². The van der Waals surface area contributed by atoms with Crippen molar-refractivity contribution in [2.24, 2.45) is 0 Å². The quantitative estimate of drug-likeness (QED) is 0.319. The van der Waals surface area contributed by atoms with Crippen LogP contribution in [0.15, 0.2) is 0 Å². The number of hydrogen-bond donors (Lipinski definition) is 0. The number of ether oxygens (including phenoxy) is 1. The Balaban J connectivity index is 0. The van der Waals surface area contributed by atoms with Gasteiger partial charge in [-0.05, 0) is 13.3 Å². The van der Waals surface area contributed by atoms with Crippen LogP contribution in [0.4, 0.5) is 0 Å². The molecule has 0 saturated carbocycles. The first-order chi connectivity index (χ1) is 8.54. The highest BCUT2D eigenvalue weighted by atomic mass is 35.5. The number of carbonyl (C=O) groups excluding carboxylic acids is 1. The van der Waals surface area contributed by atoms with Gasteiger partial charge in [0.2, 0.25) is 0 Å². The highest BCUT2D eigenvalue weighted by molar-refractivity contribution is 6.44. The Hall–Kier alpha value is 0.0500. The molecule has 0 aliphatic rings. The summed E-state index contributed by atoms with van der Waals surface area (Å²) in [6.07, 6.45) is 10.3. The van der Waals surface area contributed by atoms with Crippen LogP contribution in [0, 0.1) is 0 Å². The van der Waals surface area contributed by atoms with Crippen LogP contribution in [-0.2, 0) is 9.53 Å². The number of esters is 1. The molecule has 0 aliphatic carbocycles. The zero-order valence-electron chi connectivity index (χ0n) is 12.0. The summed E-state index contributed by atoms with van der Waals surface area (Å²) in [6.45, 7) is 5.89. The van der Waals surface area contributed by atoms with E-state index >= 15 is 0 Å². The van der Waals surface area contributed by atoms with E-state index in [1.807, 2.05) is 0 Å². The molecule has 0 atom stereocenters. The van der Waals surface area contributed by atoms with Gasteiger partial charge in [-0.15, -0.1) is 23.2 Å². The van der Waals surface area contributed by atoms with Crippen molar-refractivity contribution in [3.05, 3.63) is 0 Å². The zero-order valence-corrected chi connectivity index (χ0v) is 13.5. The Bertz CT molecular complexity index is 173. The molecule has 0 heterocycles. The van der Waals surface area contributed by atoms with Gasteiger partial charge in [0, 0.05) is 6.92 Å². The van der Waals surface area contributed by atoms with Gasteiger partial charge in [0.25, 0.3) is 0 Å². The maximum absolute atomic E-state index is 9.82. The second-order valence-electron chi connectivity index (χ2n) is 4.23. The van der Waals surface area contributed by atoms with Crippen LogP contribution < -0.4 is 0 Å². The lowest BCUT2D eigenvalue weighted by molar-refractivity contribution is -0.140. The fourth-order valence-electron chi connectivity index (χ4n) is 1.46. The van der Waals surface area contributed by atoms with Crippen LogP contribution in [0.5, 0.6) is 0 Å². The molecule has 0 amide bonds. The molecular formula is C14H28Cl2O2. The predicted octanol–water partition coefficient (Wildman–Crippen LogP) is 5.50. The van der Waals surface area contributed by atoms with E-state index in [4.69, 9.17) is 23.2 Å². The molecule has 0 fully saturated rings. The minimum Gasteiger partial charge on any atom is -0.466 e. The molecule has 2 nitrogen and oxygen atoms in total. The lowest BCUT2D eigenvalue weighted by Gasteiger charge is -2.01. The summed E-state index contributed by atoms with van der Waals surface area (Å²) in [4.78, 5) is 9.67. The normalized spacial score (nSPS) is 9.89. The second-order valence-corrected chi connectivity index (χ2v) is 5.50. The van der Waals surface area contributed by atoms with Gasteiger partial charge in [-0.25, -0.2) is 0 Å². The molecule has 0 aromatic rings. The monoisotopic (exact) mass is 298 g/mol. The third-order valence-corrected chi connectivity index (χ3v) is 2.81. The lowest BCUT2D eigenvalue weighted by Crippen LogP contribution is -1.95. The van der Waals surface area contributed by atoms with Crippen LogP contribution in [0.1, 0.15) is 72.1 Å². The SMILES string of the molecule is CCCCCCCCCC(Cl)Cl.CCOC(C)=O. The minimum absolute atomic E-state index is 0.152. The fraction of sp³-hybridized carbons (Fsp3) is 0.929. The van der Waals surface area contributed by atoms with Gasteiger partial charge >= 0.3 is 5.97 Å². The average molecular weight is 299 g/mol. The standard InChI is InChI=1S/C10H20Cl2.C4H8O2/c1-2-3-4-5-6-7-8-9-10(11)12;1-3-6-4(2)5/h10H,2-9H2,1H3;3H2,1-2H3. The molecule has 0 N–H and O–H groups in total. The van der Waals surface area contributed by atoms with Gasteiger partial charge in [-0.2, -0.15) is 0 Å². The van der Waals surface area contributed by atoms with Crippen molar-refractivity contribution in [1.29, 1.82) is 0 Å². The van der Waals surface area contributed by atoms with Crippen LogP contribution in [0.25, 0.3) is 0 Å². The molecule has 110 valence electrons. The van der Waals surface area contributed by atoms with E-state index in [9.17, 15) is 4.79 Å². The summed E-state index contributed by atoms with van der Waals surface area (Å²) in [5.74, 6) is -0.211. The van der Waals surface area contributed by atoms with Crippen LogP contribution >= 0.6 is 23.2 Å². The van der Waals surface area contributed by atoms with E-state index in [2.05, 4.69) is 11.7 Å². The van der Waals surface area contributed by atoms with E-state index in [1.54, 1.807) is 6.92 Å². The Morgan fingerprint density at radius 1 is 1.00 bits per heavy atom. The molecule has 0 unspecified atom stereocenters. The van der Waals surface area contributed by atoms with E-state index in [-0.39, 0.29) is 10.8 Å². The molecule has 0 rings (SSSR count). The maximum atomic E-state index is 9.82. The first-order valence-electron chi connectivity index (χ1n) is 6.96. The van der Waals surface area contributed by atoms with Gasteiger partial charge in [0.1, 0.15) is 4.84 Å². The fourth-order valence-corrected chi connectivity index (χ4v) is 1.77. The topological polar surface area (TPSA) is 26.3 Å². The summed E-state index contributed by atoms with van der Waals surface area (Å²) < 4.78 is 4.40. The van der Waals surface area contributed by atoms with Gasteiger partial charge < -0.3 is 4.74 Å². The van der Waals surface area contributed by atoms with Crippen molar-refractivity contribution in [2.45, 2.75) is 77.0 Å². The highest BCUT2D eigenvalue weighted by Crippen LogP contribution is 2.14. The Labute approximate surface area is 122 Å². The summed E-state index contributed by atoms with van der Waals surface area (Å²) in [7, 11) is 0. The van der Waals surface area contributed by atoms with Crippen LogP contribution in [0.2, 0.25) is 0 Å². The van der Waals surface area contributed by atoms with Gasteiger partial charge in [0.15, 0.2) is 0 Å². The molecule has 0 aliphatic heterocycles. The number of rotatable bonds is 9. The summed E-state index contributed by atoms with van der Waals surface area (Å²) >= 11 is 11.2. The summed E-state index contributed by atoms with van der Waals surface area (Å²) in [5, 5.41) is 0. The Morgan fingerprint density at radius 2 is 1.50 bits per heavy atom. The largest absolute Gasteiger partial charge is 0.466 e. The average Bonchev–Trinajstić information content (AvgIpc) is 2.28. The Kier molecular flexibility index (Phi) is 19.3. The second kappa shape index (κ2) is 17.1. The summed E-state index contributed by atoms with van der Waals surface area (Å²) in [6, 6.07) is 0. The molecule has 0 aromatic heterocycles. The molecule has 0 aromatic carbocycles. The van der Waals surface area contributed by atoms with E-state index in [1.165, 1.54) is 51.9 Å². The predicted molar refractivity (Wildman–Crippen MR) is 80.4 cm³/mol. The van der Waals surface area contributed by atoms with E-state index in [0.29, 0.717) is 6.61 Å². The van der Waals surface area contributed by atoms with Crippen LogP contribution in [-0.4, -0.2) is 17.4 Å².